The zero-order valence-corrected chi connectivity index (χ0v) is 7.77. The quantitative estimate of drug-likeness (QED) is 0.542. The number of hydrogen-bond acceptors (Lipinski definition) is 3. The van der Waals surface area contributed by atoms with Crippen molar-refractivity contribution in [1.29, 1.82) is 0 Å². The summed E-state index contributed by atoms with van der Waals surface area (Å²) >= 11 is 0. The molecule has 13 heavy (non-hydrogen) atoms. The van der Waals surface area contributed by atoms with Gasteiger partial charge < -0.3 is 16.4 Å². The standard InChI is InChI=1S/C8H16FN3O/c1-6(4-10)12-7(13)8(9)2-3-11-5-8/h6,11H,2-5,10H2,1H3,(H,12,13)/t6-,8?/m1/s1. The summed E-state index contributed by atoms with van der Waals surface area (Å²) in [7, 11) is 0. The molecule has 1 fully saturated rings. The fourth-order valence-corrected chi connectivity index (χ4v) is 1.27. The summed E-state index contributed by atoms with van der Waals surface area (Å²) in [5, 5.41) is 5.35. The van der Waals surface area contributed by atoms with E-state index in [1.807, 2.05) is 0 Å². The van der Waals surface area contributed by atoms with Crippen LogP contribution in [0.1, 0.15) is 13.3 Å². The SMILES string of the molecule is C[C@H](CN)NC(=O)C1(F)CCNC1. The molecule has 4 nitrogen and oxygen atoms in total. The first-order valence-corrected chi connectivity index (χ1v) is 4.49. The van der Waals surface area contributed by atoms with Gasteiger partial charge in [0.2, 0.25) is 5.67 Å². The Balaban J connectivity index is 2.46. The van der Waals surface area contributed by atoms with Crippen LogP contribution in [0.15, 0.2) is 0 Å². The molecule has 4 N–H and O–H groups in total. The zero-order chi connectivity index (χ0) is 9.90. The Morgan fingerprint density at radius 2 is 2.54 bits per heavy atom. The van der Waals surface area contributed by atoms with E-state index in [1.165, 1.54) is 0 Å². The van der Waals surface area contributed by atoms with Crippen molar-refractivity contribution in [3.63, 3.8) is 0 Å². The molecule has 0 aliphatic carbocycles. The van der Waals surface area contributed by atoms with Crippen LogP contribution < -0.4 is 16.4 Å². The molecule has 1 aliphatic heterocycles. The number of alkyl halides is 1. The van der Waals surface area contributed by atoms with Gasteiger partial charge in [-0.05, 0) is 13.5 Å². The van der Waals surface area contributed by atoms with E-state index in [2.05, 4.69) is 10.6 Å². The van der Waals surface area contributed by atoms with Gasteiger partial charge in [-0.25, -0.2) is 4.39 Å². The van der Waals surface area contributed by atoms with E-state index in [9.17, 15) is 9.18 Å². The molecule has 0 aromatic rings. The Labute approximate surface area is 77.1 Å². The first-order chi connectivity index (χ1) is 6.08. The van der Waals surface area contributed by atoms with E-state index in [-0.39, 0.29) is 19.0 Å². The number of carbonyl (C=O) groups is 1. The molecule has 0 radical (unpaired) electrons. The molecule has 1 rings (SSSR count). The predicted octanol–water partition coefficient (Wildman–Crippen LogP) is -0.849. The number of hydrogen-bond donors (Lipinski definition) is 3. The summed E-state index contributed by atoms with van der Waals surface area (Å²) in [6, 6.07) is -0.166. The van der Waals surface area contributed by atoms with Crippen LogP contribution >= 0.6 is 0 Å². The molecule has 1 heterocycles. The molecule has 0 aromatic heterocycles. The van der Waals surface area contributed by atoms with Gasteiger partial charge in [0.25, 0.3) is 5.91 Å². The van der Waals surface area contributed by atoms with Crippen LogP contribution in [0.2, 0.25) is 0 Å². The van der Waals surface area contributed by atoms with Gasteiger partial charge in [-0.2, -0.15) is 0 Å². The van der Waals surface area contributed by atoms with Crippen molar-refractivity contribution >= 4 is 5.91 Å². The number of rotatable bonds is 3. The second-order valence-corrected chi connectivity index (χ2v) is 3.50. The minimum absolute atomic E-state index is 0.107. The van der Waals surface area contributed by atoms with Crippen LogP contribution in [0.5, 0.6) is 0 Å². The molecule has 0 aromatic carbocycles. The summed E-state index contributed by atoms with van der Waals surface area (Å²) in [5.74, 6) is -0.546. The van der Waals surface area contributed by atoms with Gasteiger partial charge in [-0.15, -0.1) is 0 Å². The van der Waals surface area contributed by atoms with E-state index < -0.39 is 11.6 Å². The Bertz CT molecular complexity index is 192. The highest BCUT2D eigenvalue weighted by molar-refractivity contribution is 5.86. The zero-order valence-electron chi connectivity index (χ0n) is 7.77. The van der Waals surface area contributed by atoms with Gasteiger partial charge in [0, 0.05) is 25.6 Å². The maximum atomic E-state index is 13.7. The molecule has 0 bridgehead atoms. The van der Waals surface area contributed by atoms with Crippen molar-refractivity contribution < 1.29 is 9.18 Å². The molecule has 76 valence electrons. The minimum atomic E-state index is -1.73. The first-order valence-electron chi connectivity index (χ1n) is 4.49. The number of halogens is 1. The van der Waals surface area contributed by atoms with Crippen molar-refractivity contribution in [1.82, 2.24) is 10.6 Å². The normalized spacial score (nSPS) is 30.1. The highest BCUT2D eigenvalue weighted by atomic mass is 19.1. The summed E-state index contributed by atoms with van der Waals surface area (Å²) < 4.78 is 13.7. The van der Waals surface area contributed by atoms with E-state index in [0.717, 1.165) is 0 Å². The van der Waals surface area contributed by atoms with Crippen molar-refractivity contribution in [3.8, 4) is 0 Å². The molecular formula is C8H16FN3O. The van der Waals surface area contributed by atoms with Gasteiger partial charge in [-0.1, -0.05) is 0 Å². The molecule has 1 unspecified atom stereocenters. The minimum Gasteiger partial charge on any atom is -0.350 e. The Morgan fingerprint density at radius 1 is 1.85 bits per heavy atom. The van der Waals surface area contributed by atoms with Crippen LogP contribution in [0.25, 0.3) is 0 Å². The van der Waals surface area contributed by atoms with Gasteiger partial charge in [0.15, 0.2) is 0 Å². The molecule has 5 heteroatoms. The molecule has 0 saturated carbocycles. The van der Waals surface area contributed by atoms with Crippen LogP contribution in [0.3, 0.4) is 0 Å². The number of nitrogens with two attached hydrogens (primary N) is 1. The summed E-state index contributed by atoms with van der Waals surface area (Å²) in [6.45, 7) is 2.75. The van der Waals surface area contributed by atoms with Crippen LogP contribution in [-0.4, -0.2) is 37.3 Å². The molecule has 2 atom stereocenters. The maximum absolute atomic E-state index is 13.7. The van der Waals surface area contributed by atoms with E-state index in [4.69, 9.17) is 5.73 Å². The van der Waals surface area contributed by atoms with Gasteiger partial charge in [0.05, 0.1) is 0 Å². The number of carbonyl (C=O) groups excluding carboxylic acids is 1. The van der Waals surface area contributed by atoms with Crippen molar-refractivity contribution in [3.05, 3.63) is 0 Å². The first kappa shape index (κ1) is 10.4. The smallest absolute Gasteiger partial charge is 0.259 e. The van der Waals surface area contributed by atoms with Gasteiger partial charge in [-0.3, -0.25) is 4.79 Å². The van der Waals surface area contributed by atoms with Crippen molar-refractivity contribution in [2.45, 2.75) is 25.1 Å². The maximum Gasteiger partial charge on any atom is 0.259 e. The lowest BCUT2D eigenvalue weighted by atomic mass is 10.0. The third-order valence-electron chi connectivity index (χ3n) is 2.24. The third-order valence-corrected chi connectivity index (χ3v) is 2.24. The lowest BCUT2D eigenvalue weighted by Crippen LogP contribution is -2.49. The van der Waals surface area contributed by atoms with E-state index >= 15 is 0 Å². The fraction of sp³-hybridized carbons (Fsp3) is 0.875. The summed E-state index contributed by atoms with van der Waals surface area (Å²) in [5.41, 5.74) is 3.58. The lowest BCUT2D eigenvalue weighted by molar-refractivity contribution is -0.132. The fourth-order valence-electron chi connectivity index (χ4n) is 1.27. The molecule has 1 amide bonds. The number of nitrogens with one attached hydrogen (secondary N) is 2. The average Bonchev–Trinajstić information content (AvgIpc) is 2.53. The largest absolute Gasteiger partial charge is 0.350 e. The Morgan fingerprint density at radius 3 is 3.00 bits per heavy atom. The average molecular weight is 189 g/mol. The third kappa shape index (κ3) is 2.38. The van der Waals surface area contributed by atoms with Crippen molar-refractivity contribution in [2.75, 3.05) is 19.6 Å². The summed E-state index contributed by atoms with van der Waals surface area (Å²) in [4.78, 5) is 11.4. The predicted molar refractivity (Wildman–Crippen MR) is 48.0 cm³/mol. The number of amides is 1. The Kier molecular flexibility index (Phi) is 3.22. The molecule has 0 spiro atoms. The monoisotopic (exact) mass is 189 g/mol. The highest BCUT2D eigenvalue weighted by Crippen LogP contribution is 2.19. The molecule has 1 aliphatic rings. The second-order valence-electron chi connectivity index (χ2n) is 3.50. The molecular weight excluding hydrogens is 173 g/mol. The van der Waals surface area contributed by atoms with E-state index in [1.54, 1.807) is 6.92 Å². The van der Waals surface area contributed by atoms with Crippen LogP contribution in [0, 0.1) is 0 Å². The lowest BCUT2D eigenvalue weighted by Gasteiger charge is -2.20. The summed E-state index contributed by atoms with van der Waals surface area (Å²) in [6.07, 6.45) is 0.246. The van der Waals surface area contributed by atoms with Gasteiger partial charge in [0.1, 0.15) is 0 Å². The Hall–Kier alpha value is -0.680. The van der Waals surface area contributed by atoms with E-state index in [0.29, 0.717) is 13.1 Å². The highest BCUT2D eigenvalue weighted by Gasteiger charge is 2.41. The van der Waals surface area contributed by atoms with Crippen molar-refractivity contribution in [2.24, 2.45) is 5.73 Å². The van der Waals surface area contributed by atoms with Crippen LogP contribution in [-0.2, 0) is 4.79 Å². The molecule has 1 saturated heterocycles. The second kappa shape index (κ2) is 4.02. The topological polar surface area (TPSA) is 67.1 Å². The van der Waals surface area contributed by atoms with Gasteiger partial charge >= 0.3 is 0 Å². The van der Waals surface area contributed by atoms with Crippen LogP contribution in [0.4, 0.5) is 4.39 Å².